The summed E-state index contributed by atoms with van der Waals surface area (Å²) >= 11 is 0.823. The van der Waals surface area contributed by atoms with E-state index >= 15 is 0 Å². The zero-order chi connectivity index (χ0) is 20.5. The molecule has 2 aromatic carbocycles. The lowest BCUT2D eigenvalue weighted by molar-refractivity contribution is -0.138. The van der Waals surface area contributed by atoms with Crippen LogP contribution >= 0.6 is 11.8 Å². The van der Waals surface area contributed by atoms with E-state index in [0.29, 0.717) is 0 Å². The number of thioether (sulfide) groups is 1. The minimum absolute atomic E-state index is 0.0158. The molecule has 0 unspecified atom stereocenters. The van der Waals surface area contributed by atoms with Crippen molar-refractivity contribution in [3.63, 3.8) is 0 Å². The monoisotopic (exact) mass is 416 g/mol. The summed E-state index contributed by atoms with van der Waals surface area (Å²) < 4.78 is 76.6. The molecule has 3 nitrogen and oxygen atoms in total. The fourth-order valence-corrected chi connectivity index (χ4v) is 3.15. The van der Waals surface area contributed by atoms with Crippen LogP contribution < -0.4 is 5.32 Å². The first-order valence-electron chi connectivity index (χ1n) is 7.66. The number of carbonyl (C=O) groups excluding carboxylic acids is 1. The zero-order valence-corrected chi connectivity index (χ0v) is 14.5. The van der Waals surface area contributed by atoms with Gasteiger partial charge in [0.1, 0.15) is 0 Å². The van der Waals surface area contributed by atoms with Gasteiger partial charge in [-0.05, 0) is 53.7 Å². The summed E-state index contributed by atoms with van der Waals surface area (Å²) in [6, 6.07) is 8.65. The van der Waals surface area contributed by atoms with Gasteiger partial charge in [-0.3, -0.25) is 4.79 Å². The lowest BCUT2D eigenvalue weighted by Gasteiger charge is -2.06. The molecule has 0 saturated carbocycles. The SMILES string of the molecule is O=C1NC(=Nc2cccc(C(F)(F)F)c2)S/C1=C/c1cccc(C(F)(F)F)c1. The third-order valence-electron chi connectivity index (χ3n) is 3.57. The Bertz CT molecular complexity index is 979. The Hall–Kier alpha value is -2.75. The number of hydrogen-bond acceptors (Lipinski definition) is 3. The normalized spacial score (nSPS) is 18.0. The van der Waals surface area contributed by atoms with Crippen molar-refractivity contribution in [1.82, 2.24) is 5.32 Å². The van der Waals surface area contributed by atoms with E-state index in [-0.39, 0.29) is 21.3 Å². The number of carbonyl (C=O) groups is 1. The van der Waals surface area contributed by atoms with E-state index < -0.39 is 29.4 Å². The van der Waals surface area contributed by atoms with Crippen molar-refractivity contribution in [3.8, 4) is 0 Å². The molecule has 3 rings (SSSR count). The predicted octanol–water partition coefficient (Wildman–Crippen LogP) is 5.62. The summed E-state index contributed by atoms with van der Waals surface area (Å²) in [6.07, 6.45) is -7.80. The van der Waals surface area contributed by atoms with Crippen molar-refractivity contribution in [1.29, 1.82) is 0 Å². The largest absolute Gasteiger partial charge is 0.416 e. The number of nitrogens with zero attached hydrogens (tertiary/aromatic N) is 1. The van der Waals surface area contributed by atoms with Crippen LogP contribution in [0.4, 0.5) is 32.0 Å². The molecule has 1 aliphatic rings. The molecule has 0 aromatic heterocycles. The van der Waals surface area contributed by atoms with E-state index in [1.165, 1.54) is 30.3 Å². The molecule has 0 radical (unpaired) electrons. The number of amidine groups is 1. The molecule has 0 spiro atoms. The average Bonchev–Trinajstić information content (AvgIpc) is 2.93. The lowest BCUT2D eigenvalue weighted by atomic mass is 10.1. The molecule has 1 aliphatic heterocycles. The second-order valence-corrected chi connectivity index (χ2v) is 6.68. The molecule has 1 amide bonds. The highest BCUT2D eigenvalue weighted by Gasteiger charge is 2.31. The third-order valence-corrected chi connectivity index (χ3v) is 4.48. The van der Waals surface area contributed by atoms with Gasteiger partial charge in [0.15, 0.2) is 5.17 Å². The van der Waals surface area contributed by atoms with Crippen LogP contribution in [0.5, 0.6) is 0 Å². The van der Waals surface area contributed by atoms with Crippen LogP contribution in [0.3, 0.4) is 0 Å². The molecule has 2 aromatic rings. The number of benzene rings is 2. The maximum atomic E-state index is 12.8. The molecule has 10 heteroatoms. The van der Waals surface area contributed by atoms with Gasteiger partial charge >= 0.3 is 12.4 Å². The van der Waals surface area contributed by atoms with Crippen LogP contribution in [0, 0.1) is 0 Å². The molecule has 28 heavy (non-hydrogen) atoms. The van der Waals surface area contributed by atoms with Crippen molar-refractivity contribution >= 4 is 34.6 Å². The van der Waals surface area contributed by atoms with Gasteiger partial charge in [0.2, 0.25) is 0 Å². The number of alkyl halides is 6. The molecule has 0 bridgehead atoms. The van der Waals surface area contributed by atoms with Gasteiger partial charge in [-0.15, -0.1) is 0 Å². The smallest absolute Gasteiger partial charge is 0.300 e. The Labute approximate surface area is 159 Å². The van der Waals surface area contributed by atoms with E-state index in [2.05, 4.69) is 10.3 Å². The van der Waals surface area contributed by atoms with E-state index in [1.807, 2.05) is 0 Å². The minimum atomic E-state index is -4.53. The molecule has 0 aliphatic carbocycles. The molecule has 1 fully saturated rings. The van der Waals surface area contributed by atoms with Crippen LogP contribution in [-0.4, -0.2) is 11.1 Å². The van der Waals surface area contributed by atoms with Gasteiger partial charge in [-0.1, -0.05) is 18.2 Å². The fraction of sp³-hybridized carbons (Fsp3) is 0.111. The molecular weight excluding hydrogens is 406 g/mol. The van der Waals surface area contributed by atoms with Crippen molar-refractivity contribution in [2.45, 2.75) is 12.4 Å². The summed E-state index contributed by atoms with van der Waals surface area (Å²) in [7, 11) is 0. The molecule has 146 valence electrons. The Morgan fingerprint density at radius 3 is 2.14 bits per heavy atom. The first-order chi connectivity index (χ1) is 13.0. The highest BCUT2D eigenvalue weighted by Crippen LogP contribution is 2.34. The van der Waals surface area contributed by atoms with E-state index in [1.54, 1.807) is 0 Å². The van der Waals surface area contributed by atoms with Crippen LogP contribution in [0.1, 0.15) is 16.7 Å². The van der Waals surface area contributed by atoms with E-state index in [4.69, 9.17) is 0 Å². The van der Waals surface area contributed by atoms with Crippen LogP contribution in [0.2, 0.25) is 0 Å². The number of amides is 1. The van der Waals surface area contributed by atoms with Gasteiger partial charge in [0, 0.05) is 0 Å². The van der Waals surface area contributed by atoms with Crippen molar-refractivity contribution in [3.05, 3.63) is 70.1 Å². The van der Waals surface area contributed by atoms with Crippen LogP contribution in [0.25, 0.3) is 6.08 Å². The second-order valence-electron chi connectivity index (χ2n) is 5.65. The van der Waals surface area contributed by atoms with Crippen LogP contribution in [0.15, 0.2) is 58.4 Å². The zero-order valence-electron chi connectivity index (χ0n) is 13.7. The quantitative estimate of drug-likeness (QED) is 0.510. The molecule has 1 N–H and O–H groups in total. The standard InChI is InChI=1S/C18H10F6N2OS/c19-17(20,21)11-4-1-3-10(7-11)8-14-15(27)26-16(28-14)25-13-6-2-5-12(9-13)18(22,23)24/h1-9H,(H,25,26,27)/b14-8+. The molecule has 0 atom stereocenters. The summed E-state index contributed by atoms with van der Waals surface area (Å²) in [5, 5.41) is 2.41. The number of rotatable bonds is 2. The number of nitrogens with one attached hydrogen (secondary N) is 1. The summed E-state index contributed by atoms with van der Waals surface area (Å²) in [4.78, 5) is 16.0. The molecular formula is C18H10F6N2OS. The van der Waals surface area contributed by atoms with Crippen molar-refractivity contribution in [2.24, 2.45) is 4.99 Å². The molecule has 1 saturated heterocycles. The maximum Gasteiger partial charge on any atom is 0.416 e. The lowest BCUT2D eigenvalue weighted by Crippen LogP contribution is -2.19. The average molecular weight is 416 g/mol. The highest BCUT2D eigenvalue weighted by atomic mass is 32.2. The Morgan fingerprint density at radius 1 is 0.893 bits per heavy atom. The van der Waals surface area contributed by atoms with Gasteiger partial charge in [0.25, 0.3) is 5.91 Å². The summed E-state index contributed by atoms with van der Waals surface area (Å²) in [5.74, 6) is -0.604. The number of halogens is 6. The van der Waals surface area contributed by atoms with Crippen molar-refractivity contribution in [2.75, 3.05) is 0 Å². The Morgan fingerprint density at radius 2 is 1.50 bits per heavy atom. The Balaban J connectivity index is 1.84. The third kappa shape index (κ3) is 4.75. The fourth-order valence-electron chi connectivity index (χ4n) is 2.31. The first kappa shape index (κ1) is 20.0. The number of hydrogen-bond donors (Lipinski definition) is 1. The van der Waals surface area contributed by atoms with Gasteiger partial charge in [-0.2, -0.15) is 26.3 Å². The van der Waals surface area contributed by atoms with E-state index in [0.717, 1.165) is 36.0 Å². The topological polar surface area (TPSA) is 41.5 Å². The van der Waals surface area contributed by atoms with E-state index in [9.17, 15) is 31.1 Å². The minimum Gasteiger partial charge on any atom is -0.300 e. The summed E-state index contributed by atoms with van der Waals surface area (Å²) in [6.45, 7) is 0. The highest BCUT2D eigenvalue weighted by molar-refractivity contribution is 8.18. The second kappa shape index (κ2) is 7.34. The van der Waals surface area contributed by atoms with Gasteiger partial charge < -0.3 is 5.32 Å². The molecule has 1 heterocycles. The van der Waals surface area contributed by atoms with Crippen LogP contribution in [-0.2, 0) is 17.1 Å². The number of aliphatic imine (C=N–C) groups is 1. The maximum absolute atomic E-state index is 12.8. The Kier molecular flexibility index (Phi) is 5.24. The summed E-state index contributed by atoms with van der Waals surface area (Å²) in [5.41, 5.74) is -1.60. The van der Waals surface area contributed by atoms with Gasteiger partial charge in [0.05, 0.1) is 21.7 Å². The first-order valence-corrected chi connectivity index (χ1v) is 8.48. The van der Waals surface area contributed by atoms with Gasteiger partial charge in [-0.25, -0.2) is 4.99 Å². The predicted molar refractivity (Wildman–Crippen MR) is 93.7 cm³/mol. The van der Waals surface area contributed by atoms with Crippen molar-refractivity contribution < 1.29 is 31.1 Å².